The first-order valence-corrected chi connectivity index (χ1v) is 8.31. The van der Waals surface area contributed by atoms with E-state index in [9.17, 15) is 0 Å². The number of ether oxygens (including phenoxy) is 2. The minimum atomic E-state index is 0.728. The van der Waals surface area contributed by atoms with Crippen LogP contribution in [0.25, 0.3) is 11.3 Å². The molecule has 0 saturated heterocycles. The summed E-state index contributed by atoms with van der Waals surface area (Å²) in [7, 11) is 3.31. The van der Waals surface area contributed by atoms with Crippen molar-refractivity contribution in [3.63, 3.8) is 0 Å². The minimum Gasteiger partial charge on any atom is -0.493 e. The van der Waals surface area contributed by atoms with Crippen molar-refractivity contribution in [3.05, 3.63) is 58.7 Å². The van der Waals surface area contributed by atoms with Crippen LogP contribution >= 0.6 is 0 Å². The molecule has 2 N–H and O–H groups in total. The van der Waals surface area contributed by atoms with E-state index in [1.165, 1.54) is 22.3 Å². The molecule has 1 aliphatic carbocycles. The van der Waals surface area contributed by atoms with E-state index in [2.05, 4.69) is 46.7 Å². The van der Waals surface area contributed by atoms with Crippen LogP contribution < -0.4 is 14.8 Å². The zero-order valence-corrected chi connectivity index (χ0v) is 14.6. The van der Waals surface area contributed by atoms with Gasteiger partial charge in [0.1, 0.15) is 5.82 Å². The fourth-order valence-corrected chi connectivity index (χ4v) is 3.40. The van der Waals surface area contributed by atoms with E-state index in [0.29, 0.717) is 0 Å². The van der Waals surface area contributed by atoms with Gasteiger partial charge in [0.2, 0.25) is 0 Å². The molecule has 0 aliphatic heterocycles. The van der Waals surface area contributed by atoms with Crippen LogP contribution in [0.4, 0.5) is 5.82 Å². The highest BCUT2D eigenvalue weighted by molar-refractivity contribution is 5.80. The van der Waals surface area contributed by atoms with Gasteiger partial charge in [-0.05, 0) is 30.2 Å². The van der Waals surface area contributed by atoms with E-state index in [1.807, 2.05) is 12.1 Å². The molecule has 5 nitrogen and oxygen atoms in total. The van der Waals surface area contributed by atoms with Gasteiger partial charge in [-0.15, -0.1) is 0 Å². The Morgan fingerprint density at radius 2 is 1.92 bits per heavy atom. The molecule has 128 valence electrons. The van der Waals surface area contributed by atoms with Gasteiger partial charge in [0, 0.05) is 24.1 Å². The molecule has 0 fully saturated rings. The van der Waals surface area contributed by atoms with Gasteiger partial charge in [0.25, 0.3) is 0 Å². The topological polar surface area (TPSA) is 59.2 Å². The second-order valence-corrected chi connectivity index (χ2v) is 6.31. The zero-order chi connectivity index (χ0) is 17.4. The van der Waals surface area contributed by atoms with Gasteiger partial charge in [-0.25, -0.2) is 0 Å². The molecule has 25 heavy (non-hydrogen) atoms. The van der Waals surface area contributed by atoms with E-state index >= 15 is 0 Å². The molecule has 1 aromatic heterocycles. The first-order valence-electron chi connectivity index (χ1n) is 8.31. The molecule has 0 unspecified atom stereocenters. The first-order chi connectivity index (χ1) is 12.2. The molecule has 0 bridgehead atoms. The summed E-state index contributed by atoms with van der Waals surface area (Å²) in [5, 5.41) is 11.1. The first kappa shape index (κ1) is 15.6. The molecule has 3 aromatic rings. The van der Waals surface area contributed by atoms with Crippen molar-refractivity contribution < 1.29 is 9.47 Å². The number of anilines is 1. The van der Waals surface area contributed by atoms with E-state index in [4.69, 9.17) is 9.47 Å². The van der Waals surface area contributed by atoms with Crippen LogP contribution in [0.5, 0.6) is 11.5 Å². The van der Waals surface area contributed by atoms with Gasteiger partial charge in [0.15, 0.2) is 11.5 Å². The molecule has 5 heteroatoms. The molecular weight excluding hydrogens is 314 g/mol. The van der Waals surface area contributed by atoms with Crippen LogP contribution in [0.3, 0.4) is 0 Å². The largest absolute Gasteiger partial charge is 0.493 e. The summed E-state index contributed by atoms with van der Waals surface area (Å²) in [4.78, 5) is 0. The molecule has 1 heterocycles. The predicted octanol–water partition coefficient (Wildman–Crippen LogP) is 3.92. The molecule has 0 spiro atoms. The highest BCUT2D eigenvalue weighted by Crippen LogP contribution is 2.43. The fraction of sp³-hybridized carbons (Fsp3) is 0.250. The Kier molecular flexibility index (Phi) is 3.84. The molecule has 0 radical (unpaired) electrons. The Morgan fingerprint density at radius 1 is 1.12 bits per heavy atom. The molecule has 0 atom stereocenters. The summed E-state index contributed by atoms with van der Waals surface area (Å²) < 4.78 is 10.8. The molecule has 0 saturated carbocycles. The van der Waals surface area contributed by atoms with Crippen molar-refractivity contribution in [2.75, 3.05) is 19.5 Å². The Labute approximate surface area is 147 Å². The van der Waals surface area contributed by atoms with E-state index < -0.39 is 0 Å². The van der Waals surface area contributed by atoms with Gasteiger partial charge >= 0.3 is 0 Å². The lowest BCUT2D eigenvalue weighted by Gasteiger charge is -2.10. The number of nitrogens with zero attached hydrogens (tertiary/aromatic N) is 1. The van der Waals surface area contributed by atoms with Crippen molar-refractivity contribution in [1.29, 1.82) is 0 Å². The Morgan fingerprint density at radius 3 is 2.68 bits per heavy atom. The van der Waals surface area contributed by atoms with Crippen LogP contribution in [0.2, 0.25) is 0 Å². The zero-order valence-electron chi connectivity index (χ0n) is 14.6. The number of benzene rings is 2. The van der Waals surface area contributed by atoms with Gasteiger partial charge in [0.05, 0.1) is 19.9 Å². The number of H-pyrrole nitrogens is 1. The summed E-state index contributed by atoms with van der Waals surface area (Å²) in [6, 6.07) is 12.5. The van der Waals surface area contributed by atoms with Gasteiger partial charge in [-0.1, -0.05) is 29.8 Å². The third kappa shape index (κ3) is 2.71. The maximum absolute atomic E-state index is 5.42. The van der Waals surface area contributed by atoms with Crippen LogP contribution in [0.1, 0.15) is 22.3 Å². The number of aromatic nitrogens is 2. The summed E-state index contributed by atoms with van der Waals surface area (Å²) in [5.41, 5.74) is 7.01. The van der Waals surface area contributed by atoms with Crippen LogP contribution in [0, 0.1) is 6.92 Å². The third-order valence-corrected chi connectivity index (χ3v) is 4.65. The quantitative estimate of drug-likeness (QED) is 0.580. The highest BCUT2D eigenvalue weighted by atomic mass is 16.5. The second kappa shape index (κ2) is 6.16. The molecule has 0 amide bonds. The number of rotatable bonds is 5. The standard InChI is InChI=1S/C20H21N3O2/c1-12-5-4-6-13(7-12)11-21-20-16-8-14-9-17(24-2)18(25-3)10-15(14)19(16)22-23-20/h4-7,9-10H,8,11H2,1-3H3,(H2,21,22,23). The maximum Gasteiger partial charge on any atom is 0.161 e. The van der Waals surface area contributed by atoms with Crippen molar-refractivity contribution in [2.45, 2.75) is 19.9 Å². The minimum absolute atomic E-state index is 0.728. The van der Waals surface area contributed by atoms with Crippen LogP contribution in [-0.2, 0) is 13.0 Å². The average Bonchev–Trinajstić information content (AvgIpc) is 3.17. The van der Waals surface area contributed by atoms with Gasteiger partial charge in [-0.3, -0.25) is 5.10 Å². The average molecular weight is 335 g/mol. The van der Waals surface area contributed by atoms with E-state index in [1.54, 1.807) is 14.2 Å². The second-order valence-electron chi connectivity index (χ2n) is 6.31. The van der Waals surface area contributed by atoms with Crippen molar-refractivity contribution in [2.24, 2.45) is 0 Å². The summed E-state index contributed by atoms with van der Waals surface area (Å²) in [5.74, 6) is 2.46. The smallest absolute Gasteiger partial charge is 0.161 e. The number of methoxy groups -OCH3 is 2. The molecule has 4 rings (SSSR count). The number of nitrogens with one attached hydrogen (secondary N) is 2. The van der Waals surface area contributed by atoms with Crippen LogP contribution in [0.15, 0.2) is 36.4 Å². The Balaban J connectivity index is 1.60. The fourth-order valence-electron chi connectivity index (χ4n) is 3.40. The van der Waals surface area contributed by atoms with E-state index in [-0.39, 0.29) is 0 Å². The summed E-state index contributed by atoms with van der Waals surface area (Å²) in [6.45, 7) is 2.87. The Bertz CT molecular complexity index is 931. The number of aromatic amines is 1. The van der Waals surface area contributed by atoms with Crippen LogP contribution in [-0.4, -0.2) is 24.4 Å². The van der Waals surface area contributed by atoms with Gasteiger partial charge in [-0.2, -0.15) is 5.10 Å². The normalized spacial score (nSPS) is 11.8. The lowest BCUT2D eigenvalue weighted by Crippen LogP contribution is -2.02. The van der Waals surface area contributed by atoms with Crippen molar-refractivity contribution in [1.82, 2.24) is 10.2 Å². The predicted molar refractivity (Wildman–Crippen MR) is 98.4 cm³/mol. The number of hydrogen-bond acceptors (Lipinski definition) is 4. The monoisotopic (exact) mass is 335 g/mol. The number of fused-ring (bicyclic) bond motifs is 3. The van der Waals surface area contributed by atoms with Crippen molar-refractivity contribution in [3.8, 4) is 22.8 Å². The molecule has 2 aromatic carbocycles. The van der Waals surface area contributed by atoms with E-state index in [0.717, 1.165) is 41.5 Å². The molecular formula is C20H21N3O2. The Hall–Kier alpha value is -2.95. The van der Waals surface area contributed by atoms with Crippen molar-refractivity contribution >= 4 is 5.82 Å². The SMILES string of the molecule is COc1cc2c(cc1OC)-c1n[nH]c(NCc3cccc(C)c3)c1C2. The number of hydrogen-bond donors (Lipinski definition) is 2. The summed E-state index contributed by atoms with van der Waals surface area (Å²) >= 11 is 0. The third-order valence-electron chi connectivity index (χ3n) is 4.65. The lowest BCUT2D eigenvalue weighted by atomic mass is 10.1. The number of aryl methyl sites for hydroxylation is 1. The molecule has 1 aliphatic rings. The maximum atomic E-state index is 5.42. The highest BCUT2D eigenvalue weighted by Gasteiger charge is 2.26. The van der Waals surface area contributed by atoms with Gasteiger partial charge < -0.3 is 14.8 Å². The lowest BCUT2D eigenvalue weighted by molar-refractivity contribution is 0.355. The summed E-state index contributed by atoms with van der Waals surface area (Å²) in [6.07, 6.45) is 0.831.